The molecule has 0 saturated heterocycles. The van der Waals surface area contributed by atoms with Crippen molar-refractivity contribution in [3.05, 3.63) is 83.6 Å². The number of carbonyl (C=O) groups excluding carboxylic acids is 4. The molecule has 3 aromatic rings. The first-order valence-corrected chi connectivity index (χ1v) is 17.4. The lowest BCUT2D eigenvalue weighted by atomic mass is 9.90. The molecule has 0 saturated carbocycles. The highest BCUT2D eigenvalue weighted by Crippen LogP contribution is 2.25. The lowest BCUT2D eigenvalue weighted by molar-refractivity contribution is -0.200. The van der Waals surface area contributed by atoms with Gasteiger partial charge in [0.1, 0.15) is 12.3 Å². The van der Waals surface area contributed by atoms with Crippen LogP contribution in [0.4, 0.5) is 0 Å². The fourth-order valence-electron chi connectivity index (χ4n) is 5.08. The monoisotopic (exact) mass is 681 g/mol. The quantitative estimate of drug-likeness (QED) is 0.0554. The molecule has 0 radical (unpaired) electrons. The molecule has 2 atom stereocenters. The summed E-state index contributed by atoms with van der Waals surface area (Å²) < 4.78 is 29.2. The van der Waals surface area contributed by atoms with E-state index in [4.69, 9.17) is 14.7 Å². The molecular weight excluding hydrogens is 638 g/mol. The number of nitrogens with zero attached hydrogens (tertiary/aromatic N) is 2. The van der Waals surface area contributed by atoms with Crippen LogP contribution in [0.2, 0.25) is 0 Å². The maximum atomic E-state index is 13.5. The number of amides is 3. The minimum Gasteiger partial charge on any atom is -0.462 e. The summed E-state index contributed by atoms with van der Waals surface area (Å²) in [5, 5.41) is 11.9. The number of hydroxylamine groups is 2. The normalized spacial score (nSPS) is 12.4. The van der Waals surface area contributed by atoms with Crippen molar-refractivity contribution in [2.45, 2.75) is 70.4 Å². The van der Waals surface area contributed by atoms with Crippen LogP contribution in [0.25, 0.3) is 11.3 Å². The van der Waals surface area contributed by atoms with E-state index in [0.29, 0.717) is 19.3 Å². The van der Waals surface area contributed by atoms with Gasteiger partial charge in [0.25, 0.3) is 5.91 Å². The summed E-state index contributed by atoms with van der Waals surface area (Å²) in [5.41, 5.74) is 1.24. The summed E-state index contributed by atoms with van der Waals surface area (Å²) in [5.74, 6) is -2.30. The van der Waals surface area contributed by atoms with Gasteiger partial charge in [-0.3, -0.25) is 19.2 Å². The zero-order valence-electron chi connectivity index (χ0n) is 27.4. The van der Waals surface area contributed by atoms with Crippen LogP contribution in [0.5, 0.6) is 0 Å². The Hall–Kier alpha value is -4.66. The van der Waals surface area contributed by atoms with Crippen molar-refractivity contribution in [1.29, 1.82) is 0 Å². The zero-order chi connectivity index (χ0) is 35.1. The largest absolute Gasteiger partial charge is 0.462 e. The lowest BCUT2D eigenvalue weighted by Crippen LogP contribution is -2.48. The standard InChI is InChI=1S/C34H43N5O8S/c1-4-7-9-15-28(31(5-2)39(23-40)47-21-24-13-10-8-11-14-24)32(41)36-22-37-33(42)30-17-12-16-29(38-30)25-18-26(34(43)46-6-3)20-27(19-25)48(35,44)45/h8,10-14,16-20,23,28,31H,4-7,9,15,21-22H2,1-3H3,(H,36,41)(H,37,42)(H2,35,44,45)/t28-,31-/m1/s1. The average molecular weight is 682 g/mol. The first kappa shape index (κ1) is 37.8. The number of sulfonamides is 1. The number of hydrogen-bond donors (Lipinski definition) is 3. The van der Waals surface area contributed by atoms with Crippen LogP contribution < -0.4 is 15.8 Å². The van der Waals surface area contributed by atoms with Crippen LogP contribution in [0, 0.1) is 5.92 Å². The Morgan fingerprint density at radius 3 is 2.38 bits per heavy atom. The molecule has 1 heterocycles. The molecule has 13 nitrogen and oxygen atoms in total. The van der Waals surface area contributed by atoms with Gasteiger partial charge in [0.2, 0.25) is 22.3 Å². The highest BCUT2D eigenvalue weighted by atomic mass is 32.2. The third-order valence-electron chi connectivity index (χ3n) is 7.53. The Balaban J connectivity index is 1.73. The van der Waals surface area contributed by atoms with Crippen LogP contribution in [-0.2, 0) is 35.8 Å². The number of unbranched alkanes of at least 4 members (excludes halogenated alkanes) is 2. The highest BCUT2D eigenvalue weighted by molar-refractivity contribution is 7.89. The molecule has 0 unspecified atom stereocenters. The molecule has 0 bridgehead atoms. The number of carbonyl (C=O) groups is 4. The van der Waals surface area contributed by atoms with Crippen LogP contribution >= 0.6 is 0 Å². The molecule has 258 valence electrons. The molecule has 3 rings (SSSR count). The number of hydrogen-bond acceptors (Lipinski definition) is 9. The van der Waals surface area contributed by atoms with Crippen molar-refractivity contribution < 1.29 is 37.2 Å². The van der Waals surface area contributed by atoms with Crippen LogP contribution in [-0.4, -0.2) is 62.0 Å². The molecule has 3 amide bonds. The van der Waals surface area contributed by atoms with Gasteiger partial charge in [-0.05, 0) is 55.7 Å². The Morgan fingerprint density at radius 1 is 0.979 bits per heavy atom. The molecule has 1 aromatic heterocycles. The number of ether oxygens (including phenoxy) is 1. The molecule has 0 aliphatic carbocycles. The molecule has 14 heteroatoms. The number of nitrogens with one attached hydrogen (secondary N) is 2. The number of benzene rings is 2. The molecule has 4 N–H and O–H groups in total. The molecule has 0 spiro atoms. The van der Waals surface area contributed by atoms with Crippen molar-refractivity contribution in [1.82, 2.24) is 20.7 Å². The fraction of sp³-hybridized carbons (Fsp3) is 0.382. The Kier molecular flexibility index (Phi) is 14.7. The van der Waals surface area contributed by atoms with E-state index in [1.165, 1.54) is 23.3 Å². The van der Waals surface area contributed by atoms with Crippen LogP contribution in [0.3, 0.4) is 0 Å². The second-order valence-corrected chi connectivity index (χ2v) is 12.5. The first-order valence-electron chi connectivity index (χ1n) is 15.8. The predicted octanol–water partition coefficient (Wildman–Crippen LogP) is 3.94. The topological polar surface area (TPSA) is 187 Å². The van der Waals surface area contributed by atoms with Gasteiger partial charge >= 0.3 is 5.97 Å². The summed E-state index contributed by atoms with van der Waals surface area (Å²) in [6, 6.07) is 17.1. The maximum absolute atomic E-state index is 13.5. The number of esters is 1. The van der Waals surface area contributed by atoms with E-state index in [2.05, 4.69) is 22.5 Å². The molecule has 0 aliphatic rings. The minimum absolute atomic E-state index is 0.0205. The summed E-state index contributed by atoms with van der Waals surface area (Å²) in [7, 11) is -4.18. The lowest BCUT2D eigenvalue weighted by Gasteiger charge is -2.32. The van der Waals surface area contributed by atoms with Gasteiger partial charge in [0.15, 0.2) is 0 Å². The SMILES string of the molecule is CCCCC[C@@H](C(=O)NCNC(=O)c1cccc(-c2cc(C(=O)OCC)cc(S(N)(=O)=O)c2)n1)[C@@H](CC)N(C=O)OCc1ccccc1. The number of primary sulfonamides is 1. The number of rotatable bonds is 19. The third kappa shape index (κ3) is 11.0. The predicted molar refractivity (Wildman–Crippen MR) is 178 cm³/mol. The van der Waals surface area contributed by atoms with E-state index in [9.17, 15) is 27.6 Å². The Labute approximate surface area is 281 Å². The number of nitrogens with two attached hydrogens (primary N) is 1. The van der Waals surface area contributed by atoms with Crippen molar-refractivity contribution >= 4 is 34.2 Å². The number of aromatic nitrogens is 1. The fourth-order valence-corrected chi connectivity index (χ4v) is 5.66. The van der Waals surface area contributed by atoms with Gasteiger partial charge in [0, 0.05) is 5.56 Å². The van der Waals surface area contributed by atoms with Gasteiger partial charge in [-0.2, -0.15) is 0 Å². The van der Waals surface area contributed by atoms with Crippen molar-refractivity contribution in [3.63, 3.8) is 0 Å². The summed E-state index contributed by atoms with van der Waals surface area (Å²) in [4.78, 5) is 60.8. The van der Waals surface area contributed by atoms with E-state index in [-0.39, 0.29) is 53.2 Å². The Morgan fingerprint density at radius 2 is 1.73 bits per heavy atom. The van der Waals surface area contributed by atoms with Gasteiger partial charge in [-0.1, -0.05) is 69.5 Å². The van der Waals surface area contributed by atoms with E-state index in [1.807, 2.05) is 37.3 Å². The van der Waals surface area contributed by atoms with E-state index < -0.39 is 33.9 Å². The zero-order valence-corrected chi connectivity index (χ0v) is 28.2. The minimum atomic E-state index is -4.18. The molecule has 2 aromatic carbocycles. The molecule has 0 aliphatic heterocycles. The van der Waals surface area contributed by atoms with E-state index in [1.54, 1.807) is 19.1 Å². The average Bonchev–Trinajstić information content (AvgIpc) is 3.09. The van der Waals surface area contributed by atoms with E-state index >= 15 is 0 Å². The van der Waals surface area contributed by atoms with Gasteiger partial charge < -0.3 is 15.4 Å². The van der Waals surface area contributed by atoms with E-state index in [0.717, 1.165) is 30.9 Å². The third-order valence-corrected chi connectivity index (χ3v) is 8.42. The van der Waals surface area contributed by atoms with Crippen LogP contribution in [0.15, 0.2) is 71.6 Å². The van der Waals surface area contributed by atoms with Gasteiger partial charge in [-0.15, -0.1) is 0 Å². The highest BCUT2D eigenvalue weighted by Gasteiger charge is 2.32. The smallest absolute Gasteiger partial charge is 0.338 e. The number of pyridine rings is 1. The molecular formula is C34H43N5O8S. The van der Waals surface area contributed by atoms with Crippen molar-refractivity contribution in [2.75, 3.05) is 13.3 Å². The van der Waals surface area contributed by atoms with Gasteiger partial charge in [0.05, 0.1) is 41.4 Å². The first-order chi connectivity index (χ1) is 23.0. The summed E-state index contributed by atoms with van der Waals surface area (Å²) in [6.07, 6.45) is 4.19. The van der Waals surface area contributed by atoms with Gasteiger partial charge in [-0.25, -0.2) is 28.4 Å². The second-order valence-electron chi connectivity index (χ2n) is 10.9. The molecule has 48 heavy (non-hydrogen) atoms. The van der Waals surface area contributed by atoms with Crippen LogP contribution in [0.1, 0.15) is 79.3 Å². The summed E-state index contributed by atoms with van der Waals surface area (Å²) in [6.45, 7) is 5.57. The summed E-state index contributed by atoms with van der Waals surface area (Å²) >= 11 is 0. The maximum Gasteiger partial charge on any atom is 0.338 e. The molecule has 0 fully saturated rings. The second kappa shape index (κ2) is 18.6. The van der Waals surface area contributed by atoms with Crippen molar-refractivity contribution in [2.24, 2.45) is 11.1 Å². The van der Waals surface area contributed by atoms with Crippen molar-refractivity contribution in [3.8, 4) is 11.3 Å². The Bertz CT molecular complexity index is 1650.